The molecule has 0 radical (unpaired) electrons. The summed E-state index contributed by atoms with van der Waals surface area (Å²) >= 11 is 0. The molecule has 0 spiro atoms. The van der Waals surface area contributed by atoms with Crippen molar-refractivity contribution in [3.63, 3.8) is 0 Å². The van der Waals surface area contributed by atoms with Gasteiger partial charge in [-0.25, -0.2) is 0 Å². The summed E-state index contributed by atoms with van der Waals surface area (Å²) in [6.07, 6.45) is 3.99. The highest BCUT2D eigenvalue weighted by atomic mass is 16.5. The lowest BCUT2D eigenvalue weighted by molar-refractivity contribution is 0.0203. The molecule has 1 N–H and O–H groups in total. The molecule has 0 bridgehead atoms. The predicted molar refractivity (Wildman–Crippen MR) is 76.7 cm³/mol. The van der Waals surface area contributed by atoms with Crippen LogP contribution in [0.4, 0.5) is 0 Å². The van der Waals surface area contributed by atoms with Crippen molar-refractivity contribution in [3.8, 4) is 0 Å². The van der Waals surface area contributed by atoms with Gasteiger partial charge in [-0.1, -0.05) is 6.42 Å². The molecule has 0 aliphatic carbocycles. The first-order valence-corrected chi connectivity index (χ1v) is 7.39. The lowest BCUT2D eigenvalue weighted by Crippen LogP contribution is -2.43. The van der Waals surface area contributed by atoms with Gasteiger partial charge in [0.1, 0.15) is 0 Å². The Bertz CT molecular complexity index is 199. The molecule has 0 aromatic heterocycles. The summed E-state index contributed by atoms with van der Waals surface area (Å²) in [6, 6.07) is 0.663. The van der Waals surface area contributed by atoms with Crippen molar-refractivity contribution in [2.45, 2.75) is 25.3 Å². The highest BCUT2D eigenvalue weighted by Gasteiger charge is 2.13. The third-order valence-electron chi connectivity index (χ3n) is 3.37. The van der Waals surface area contributed by atoms with E-state index in [0.717, 1.165) is 19.7 Å². The second-order valence-corrected chi connectivity index (χ2v) is 5.13. The van der Waals surface area contributed by atoms with Gasteiger partial charge in [-0.15, -0.1) is 0 Å². The van der Waals surface area contributed by atoms with E-state index in [1.54, 1.807) is 7.11 Å². The van der Waals surface area contributed by atoms with Gasteiger partial charge in [-0.2, -0.15) is 0 Å². The van der Waals surface area contributed by atoms with E-state index in [-0.39, 0.29) is 0 Å². The number of ether oxygens (including phenoxy) is 3. The van der Waals surface area contributed by atoms with Gasteiger partial charge in [0, 0.05) is 26.2 Å². The van der Waals surface area contributed by atoms with Gasteiger partial charge < -0.3 is 24.4 Å². The van der Waals surface area contributed by atoms with Gasteiger partial charge in [0.05, 0.1) is 33.0 Å². The number of likely N-dealkylation sites (N-methyl/N-ethyl adjacent to an activating group) is 1. The maximum Gasteiger partial charge on any atom is 0.0701 e. The average molecular weight is 274 g/mol. The molecule has 0 aromatic rings. The van der Waals surface area contributed by atoms with Crippen LogP contribution in [-0.2, 0) is 14.2 Å². The molecule has 1 saturated heterocycles. The fourth-order valence-electron chi connectivity index (χ4n) is 2.23. The van der Waals surface area contributed by atoms with E-state index in [4.69, 9.17) is 14.2 Å². The van der Waals surface area contributed by atoms with Crippen molar-refractivity contribution in [3.05, 3.63) is 0 Å². The molecule has 1 heterocycles. The van der Waals surface area contributed by atoms with Crippen LogP contribution in [0.25, 0.3) is 0 Å². The molecule has 0 amide bonds. The Hall–Kier alpha value is -0.200. The smallest absolute Gasteiger partial charge is 0.0701 e. The summed E-state index contributed by atoms with van der Waals surface area (Å²) in [5.41, 5.74) is 0. The zero-order valence-electron chi connectivity index (χ0n) is 12.5. The number of rotatable bonds is 11. The number of methoxy groups -OCH3 is 1. The molecule has 1 atom stereocenters. The van der Waals surface area contributed by atoms with Crippen LogP contribution in [0, 0.1) is 0 Å². The van der Waals surface area contributed by atoms with E-state index >= 15 is 0 Å². The third kappa shape index (κ3) is 9.35. The van der Waals surface area contributed by atoms with Gasteiger partial charge in [0.25, 0.3) is 0 Å². The Morgan fingerprint density at radius 3 is 2.47 bits per heavy atom. The molecule has 1 aliphatic heterocycles. The summed E-state index contributed by atoms with van der Waals surface area (Å²) in [5.74, 6) is 0. The van der Waals surface area contributed by atoms with Gasteiger partial charge in [-0.3, -0.25) is 0 Å². The van der Waals surface area contributed by atoms with Gasteiger partial charge in [0.15, 0.2) is 0 Å². The number of hydrogen-bond acceptors (Lipinski definition) is 5. The lowest BCUT2D eigenvalue weighted by Gasteiger charge is -2.28. The van der Waals surface area contributed by atoms with E-state index in [1.165, 1.54) is 25.8 Å². The average Bonchev–Trinajstić information content (AvgIpc) is 2.43. The van der Waals surface area contributed by atoms with Crippen LogP contribution in [0.1, 0.15) is 19.3 Å². The van der Waals surface area contributed by atoms with Crippen molar-refractivity contribution < 1.29 is 14.2 Å². The van der Waals surface area contributed by atoms with Gasteiger partial charge in [0.2, 0.25) is 0 Å². The Morgan fingerprint density at radius 1 is 1.05 bits per heavy atom. The summed E-state index contributed by atoms with van der Waals surface area (Å²) in [7, 11) is 3.84. The maximum absolute atomic E-state index is 5.55. The summed E-state index contributed by atoms with van der Waals surface area (Å²) < 4.78 is 15.8. The second-order valence-electron chi connectivity index (χ2n) is 5.13. The SMILES string of the molecule is COCCOCCOCCN(C)CC1CCCCN1. The van der Waals surface area contributed by atoms with Crippen molar-refractivity contribution in [2.24, 2.45) is 0 Å². The summed E-state index contributed by atoms with van der Waals surface area (Å²) in [5, 5.41) is 3.57. The predicted octanol–water partition coefficient (Wildman–Crippen LogP) is 0.740. The zero-order valence-corrected chi connectivity index (χ0v) is 12.5. The number of piperidine rings is 1. The van der Waals surface area contributed by atoms with Crippen LogP contribution in [0.3, 0.4) is 0 Å². The van der Waals surface area contributed by atoms with Crippen LogP contribution >= 0.6 is 0 Å². The molecular formula is C14H30N2O3. The topological polar surface area (TPSA) is 43.0 Å². The van der Waals surface area contributed by atoms with E-state index < -0.39 is 0 Å². The van der Waals surface area contributed by atoms with Gasteiger partial charge in [-0.05, 0) is 26.4 Å². The zero-order chi connectivity index (χ0) is 13.8. The molecule has 1 fully saturated rings. The van der Waals surface area contributed by atoms with Crippen molar-refractivity contribution in [1.82, 2.24) is 10.2 Å². The fraction of sp³-hybridized carbons (Fsp3) is 1.00. The summed E-state index contributed by atoms with van der Waals surface area (Å²) in [6.45, 7) is 6.66. The molecule has 1 aliphatic rings. The Balaban J connectivity index is 1.85. The van der Waals surface area contributed by atoms with E-state index in [1.807, 2.05) is 0 Å². The maximum atomic E-state index is 5.55. The first kappa shape index (κ1) is 16.9. The third-order valence-corrected chi connectivity index (χ3v) is 3.37. The second kappa shape index (κ2) is 11.6. The minimum absolute atomic E-state index is 0.646. The Kier molecular flexibility index (Phi) is 10.3. The highest BCUT2D eigenvalue weighted by molar-refractivity contribution is 4.74. The number of nitrogens with one attached hydrogen (secondary N) is 1. The van der Waals surface area contributed by atoms with Crippen molar-refractivity contribution in [2.75, 3.05) is 66.8 Å². The standard InChI is InChI=1S/C14H30N2O3/c1-16(13-14-5-3-4-6-15-14)7-8-18-11-12-19-10-9-17-2/h14-15H,3-13H2,1-2H3. The van der Waals surface area contributed by atoms with E-state index in [2.05, 4.69) is 17.3 Å². The van der Waals surface area contributed by atoms with Gasteiger partial charge >= 0.3 is 0 Å². The van der Waals surface area contributed by atoms with E-state index in [0.29, 0.717) is 32.5 Å². The van der Waals surface area contributed by atoms with Crippen molar-refractivity contribution in [1.29, 1.82) is 0 Å². The largest absolute Gasteiger partial charge is 0.382 e. The molecule has 114 valence electrons. The highest BCUT2D eigenvalue weighted by Crippen LogP contribution is 2.07. The van der Waals surface area contributed by atoms with Crippen molar-refractivity contribution >= 4 is 0 Å². The molecule has 0 saturated carbocycles. The summed E-state index contributed by atoms with van der Waals surface area (Å²) in [4.78, 5) is 2.34. The normalized spacial score (nSPS) is 20.1. The first-order valence-electron chi connectivity index (χ1n) is 7.39. The molecular weight excluding hydrogens is 244 g/mol. The quantitative estimate of drug-likeness (QED) is 0.563. The molecule has 1 unspecified atom stereocenters. The first-order chi connectivity index (χ1) is 9.33. The fourth-order valence-corrected chi connectivity index (χ4v) is 2.23. The minimum Gasteiger partial charge on any atom is -0.382 e. The monoisotopic (exact) mass is 274 g/mol. The number of hydrogen-bond donors (Lipinski definition) is 1. The lowest BCUT2D eigenvalue weighted by atomic mass is 10.0. The van der Waals surface area contributed by atoms with Crippen LogP contribution in [-0.4, -0.2) is 77.8 Å². The minimum atomic E-state index is 0.646. The van der Waals surface area contributed by atoms with Crippen LogP contribution < -0.4 is 5.32 Å². The Morgan fingerprint density at radius 2 is 1.79 bits per heavy atom. The molecule has 0 aromatic carbocycles. The molecule has 19 heavy (non-hydrogen) atoms. The van der Waals surface area contributed by atoms with Crippen LogP contribution in [0.5, 0.6) is 0 Å². The van der Waals surface area contributed by atoms with Crippen LogP contribution in [0.2, 0.25) is 0 Å². The van der Waals surface area contributed by atoms with E-state index in [9.17, 15) is 0 Å². The molecule has 5 nitrogen and oxygen atoms in total. The molecule has 5 heteroatoms. The number of nitrogens with zero attached hydrogens (tertiary/aromatic N) is 1. The Labute approximate surface area is 117 Å². The molecule has 1 rings (SSSR count). The van der Waals surface area contributed by atoms with Crippen LogP contribution in [0.15, 0.2) is 0 Å².